The van der Waals surface area contributed by atoms with Gasteiger partial charge in [-0.1, -0.05) is 0 Å². The van der Waals surface area contributed by atoms with Crippen molar-refractivity contribution in [1.82, 2.24) is 4.90 Å². The molecule has 1 fully saturated rings. The zero-order valence-corrected chi connectivity index (χ0v) is 12.6. The van der Waals surface area contributed by atoms with Crippen molar-refractivity contribution in [2.45, 2.75) is 32.3 Å². The molecule has 0 spiro atoms. The Kier molecular flexibility index (Phi) is 5.59. The smallest absolute Gasteiger partial charge is 0.224 e. The van der Waals surface area contributed by atoms with E-state index in [4.69, 9.17) is 5.73 Å². The van der Waals surface area contributed by atoms with Crippen molar-refractivity contribution in [3.8, 4) is 0 Å². The van der Waals surface area contributed by atoms with Gasteiger partial charge in [0, 0.05) is 24.3 Å². The van der Waals surface area contributed by atoms with Crippen LogP contribution in [0.5, 0.6) is 0 Å². The second kappa shape index (κ2) is 7.43. The van der Waals surface area contributed by atoms with E-state index in [0.29, 0.717) is 18.0 Å². The van der Waals surface area contributed by atoms with E-state index in [-0.39, 0.29) is 12.0 Å². The molecule has 4 N–H and O–H groups in total. The predicted molar refractivity (Wildman–Crippen MR) is 84.9 cm³/mol. The minimum atomic E-state index is -0.233. The van der Waals surface area contributed by atoms with Crippen LogP contribution in [-0.4, -0.2) is 41.7 Å². The lowest BCUT2D eigenvalue weighted by Crippen LogP contribution is -2.26. The summed E-state index contributed by atoms with van der Waals surface area (Å²) in [4.78, 5) is 14.2. The van der Waals surface area contributed by atoms with Crippen LogP contribution < -0.4 is 11.1 Å². The van der Waals surface area contributed by atoms with Gasteiger partial charge in [-0.2, -0.15) is 0 Å². The third-order valence-electron chi connectivity index (χ3n) is 4.06. The van der Waals surface area contributed by atoms with Crippen LogP contribution >= 0.6 is 0 Å². The Balaban J connectivity index is 1.65. The summed E-state index contributed by atoms with van der Waals surface area (Å²) in [6, 6.07) is 7.16. The molecule has 116 valence electrons. The fourth-order valence-corrected chi connectivity index (χ4v) is 2.71. The lowest BCUT2D eigenvalue weighted by atomic mass is 10.0. The maximum atomic E-state index is 11.8. The molecule has 1 aromatic carbocycles. The van der Waals surface area contributed by atoms with Gasteiger partial charge >= 0.3 is 0 Å². The van der Waals surface area contributed by atoms with Gasteiger partial charge in [0.05, 0.1) is 6.10 Å². The fraction of sp³-hybridized carbons (Fsp3) is 0.562. The first-order valence-electron chi connectivity index (χ1n) is 7.60. The summed E-state index contributed by atoms with van der Waals surface area (Å²) in [5, 5.41) is 12.4. The third-order valence-corrected chi connectivity index (χ3v) is 4.06. The maximum absolute atomic E-state index is 11.8. The molecule has 0 bridgehead atoms. The van der Waals surface area contributed by atoms with Crippen LogP contribution in [0.3, 0.4) is 0 Å². The van der Waals surface area contributed by atoms with Crippen LogP contribution in [0.25, 0.3) is 0 Å². The van der Waals surface area contributed by atoms with Crippen LogP contribution in [0.15, 0.2) is 24.3 Å². The number of aliphatic hydroxyl groups excluding tert-OH is 1. The number of carbonyl (C=O) groups excluding carboxylic acids is 1. The van der Waals surface area contributed by atoms with Crippen LogP contribution in [0.1, 0.15) is 26.2 Å². The van der Waals surface area contributed by atoms with Gasteiger partial charge in [-0.3, -0.25) is 4.79 Å². The second-order valence-corrected chi connectivity index (χ2v) is 5.86. The average molecular weight is 291 g/mol. The van der Waals surface area contributed by atoms with Gasteiger partial charge < -0.3 is 21.1 Å². The number of likely N-dealkylation sites (tertiary alicyclic amines) is 1. The normalized spacial score (nSPS) is 20.4. The van der Waals surface area contributed by atoms with Crippen molar-refractivity contribution in [1.29, 1.82) is 0 Å². The summed E-state index contributed by atoms with van der Waals surface area (Å²) in [5.74, 6) is 0.416. The number of anilines is 2. The first kappa shape index (κ1) is 15.8. The molecule has 1 saturated heterocycles. The Morgan fingerprint density at radius 2 is 2.19 bits per heavy atom. The van der Waals surface area contributed by atoms with Crippen molar-refractivity contribution < 1.29 is 9.90 Å². The number of nitrogen functional groups attached to an aromatic ring is 1. The number of carbonyl (C=O) groups is 1. The molecule has 2 rings (SSSR count). The molecule has 1 amide bonds. The fourth-order valence-electron chi connectivity index (χ4n) is 2.71. The topological polar surface area (TPSA) is 78.6 Å². The van der Waals surface area contributed by atoms with E-state index >= 15 is 0 Å². The molecule has 0 aromatic heterocycles. The quantitative estimate of drug-likeness (QED) is 0.697. The molecule has 21 heavy (non-hydrogen) atoms. The van der Waals surface area contributed by atoms with Crippen molar-refractivity contribution in [2.75, 3.05) is 30.7 Å². The van der Waals surface area contributed by atoms with Crippen LogP contribution in [0.4, 0.5) is 11.4 Å². The number of nitrogens with one attached hydrogen (secondary N) is 1. The highest BCUT2D eigenvalue weighted by atomic mass is 16.3. The minimum absolute atomic E-state index is 0.0334. The molecular weight excluding hydrogens is 266 g/mol. The highest BCUT2D eigenvalue weighted by Crippen LogP contribution is 2.19. The number of nitrogens with two attached hydrogens (primary N) is 1. The highest BCUT2D eigenvalue weighted by Gasteiger charge is 2.25. The summed E-state index contributed by atoms with van der Waals surface area (Å²) in [7, 11) is 0. The standard InChI is InChI=1S/C16H25N3O2/c1-12(20)13-8-10-19(11-13)9-2-3-16(21)18-15-6-4-14(17)5-7-15/h4-7,12-13,20H,2-3,8-11,17H2,1H3,(H,18,21). The number of benzene rings is 1. The van der Waals surface area contributed by atoms with Crippen molar-refractivity contribution in [3.05, 3.63) is 24.3 Å². The number of nitrogens with zero attached hydrogens (tertiary/aromatic N) is 1. The zero-order valence-electron chi connectivity index (χ0n) is 12.6. The molecular formula is C16H25N3O2. The molecule has 1 aliphatic heterocycles. The molecule has 1 heterocycles. The van der Waals surface area contributed by atoms with E-state index in [2.05, 4.69) is 10.2 Å². The van der Waals surface area contributed by atoms with Crippen molar-refractivity contribution in [3.63, 3.8) is 0 Å². The molecule has 1 aromatic rings. The molecule has 2 atom stereocenters. The molecule has 0 aliphatic carbocycles. The number of rotatable bonds is 6. The summed E-state index contributed by atoms with van der Waals surface area (Å²) in [5.41, 5.74) is 7.08. The predicted octanol–water partition coefficient (Wildman–Crippen LogP) is 1.69. The van der Waals surface area contributed by atoms with Crippen molar-refractivity contribution in [2.24, 2.45) is 5.92 Å². The largest absolute Gasteiger partial charge is 0.399 e. The van der Waals surface area contributed by atoms with Gasteiger partial charge in [0.2, 0.25) is 5.91 Å². The van der Waals surface area contributed by atoms with Crippen molar-refractivity contribution >= 4 is 17.3 Å². The molecule has 5 heteroatoms. The zero-order chi connectivity index (χ0) is 15.2. The first-order valence-corrected chi connectivity index (χ1v) is 7.60. The van der Waals surface area contributed by atoms with Gasteiger partial charge in [-0.15, -0.1) is 0 Å². The summed E-state index contributed by atoms with van der Waals surface area (Å²) in [6.45, 7) is 4.74. The van der Waals surface area contributed by atoms with E-state index in [1.54, 1.807) is 24.3 Å². The van der Waals surface area contributed by atoms with Crippen LogP contribution in [0.2, 0.25) is 0 Å². The molecule has 5 nitrogen and oxygen atoms in total. The number of hydrogen-bond donors (Lipinski definition) is 3. The lowest BCUT2D eigenvalue weighted by Gasteiger charge is -2.17. The molecule has 0 saturated carbocycles. The van der Waals surface area contributed by atoms with Gasteiger partial charge in [-0.25, -0.2) is 0 Å². The molecule has 2 unspecified atom stereocenters. The molecule has 1 aliphatic rings. The van der Waals surface area contributed by atoms with E-state index < -0.39 is 0 Å². The summed E-state index contributed by atoms with van der Waals surface area (Å²) in [6.07, 6.45) is 2.17. The summed E-state index contributed by atoms with van der Waals surface area (Å²) >= 11 is 0. The van der Waals surface area contributed by atoms with Gasteiger partial charge in [0.15, 0.2) is 0 Å². The van der Waals surface area contributed by atoms with Gasteiger partial charge in [0.25, 0.3) is 0 Å². The monoisotopic (exact) mass is 291 g/mol. The minimum Gasteiger partial charge on any atom is -0.399 e. The Labute approximate surface area is 126 Å². The highest BCUT2D eigenvalue weighted by molar-refractivity contribution is 5.90. The third kappa shape index (κ3) is 5.02. The van der Waals surface area contributed by atoms with Crippen LogP contribution in [0, 0.1) is 5.92 Å². The number of hydrogen-bond acceptors (Lipinski definition) is 4. The first-order chi connectivity index (χ1) is 10.0. The van der Waals surface area contributed by atoms with Gasteiger partial charge in [-0.05, 0) is 63.0 Å². The second-order valence-electron chi connectivity index (χ2n) is 5.86. The number of amides is 1. The number of aliphatic hydroxyl groups is 1. The molecule has 0 radical (unpaired) electrons. The van der Waals surface area contributed by atoms with E-state index in [9.17, 15) is 9.90 Å². The Hall–Kier alpha value is -1.59. The SMILES string of the molecule is CC(O)C1CCN(CCCC(=O)Nc2ccc(N)cc2)C1. The van der Waals surface area contributed by atoms with E-state index in [0.717, 1.165) is 38.2 Å². The Morgan fingerprint density at radius 1 is 1.48 bits per heavy atom. The lowest BCUT2D eigenvalue weighted by molar-refractivity contribution is -0.116. The van der Waals surface area contributed by atoms with Gasteiger partial charge in [0.1, 0.15) is 0 Å². The van der Waals surface area contributed by atoms with Crippen LogP contribution in [-0.2, 0) is 4.79 Å². The Morgan fingerprint density at radius 3 is 2.81 bits per heavy atom. The van der Waals surface area contributed by atoms with E-state index in [1.807, 2.05) is 6.92 Å². The summed E-state index contributed by atoms with van der Waals surface area (Å²) < 4.78 is 0. The van der Waals surface area contributed by atoms with E-state index in [1.165, 1.54) is 0 Å². The average Bonchev–Trinajstić information content (AvgIpc) is 2.90. The maximum Gasteiger partial charge on any atom is 0.224 e. The Bertz CT molecular complexity index is 459.